The molecule has 1 aromatic carbocycles. The van der Waals surface area contributed by atoms with Gasteiger partial charge in [0.25, 0.3) is 0 Å². The lowest BCUT2D eigenvalue weighted by atomic mass is 10.1. The SMILES string of the molecule is CCOC(=O)C(Cc1ccccc1)NC[C@@H]1COC(C)(C)N1C(=O)OC(C)(C)C. The highest BCUT2D eigenvalue weighted by molar-refractivity contribution is 5.76. The number of ether oxygens (including phenoxy) is 3. The largest absolute Gasteiger partial charge is 0.465 e. The van der Waals surface area contributed by atoms with Crippen LogP contribution in [0.1, 0.15) is 47.1 Å². The lowest BCUT2D eigenvalue weighted by molar-refractivity contribution is -0.145. The number of benzene rings is 1. The summed E-state index contributed by atoms with van der Waals surface area (Å²) in [6, 6.07) is 9.00. The first-order valence-corrected chi connectivity index (χ1v) is 10.1. The van der Waals surface area contributed by atoms with E-state index in [1.165, 1.54) is 0 Å². The first kappa shape index (κ1) is 23.2. The Morgan fingerprint density at radius 1 is 1.28 bits per heavy atom. The van der Waals surface area contributed by atoms with Crippen molar-refractivity contribution < 1.29 is 23.8 Å². The molecule has 7 heteroatoms. The summed E-state index contributed by atoms with van der Waals surface area (Å²) >= 11 is 0. The molecule has 1 aliphatic rings. The predicted molar refractivity (Wildman–Crippen MR) is 110 cm³/mol. The Morgan fingerprint density at radius 3 is 2.52 bits per heavy atom. The third kappa shape index (κ3) is 6.72. The quantitative estimate of drug-likeness (QED) is 0.701. The van der Waals surface area contributed by atoms with Gasteiger partial charge in [-0.1, -0.05) is 30.3 Å². The van der Waals surface area contributed by atoms with E-state index in [1.807, 2.05) is 65.0 Å². The molecule has 162 valence electrons. The molecule has 0 bridgehead atoms. The molecule has 7 nitrogen and oxygen atoms in total. The molecule has 1 unspecified atom stereocenters. The fraction of sp³-hybridized carbons (Fsp3) is 0.636. The molecule has 1 amide bonds. The molecule has 0 spiro atoms. The smallest absolute Gasteiger partial charge is 0.412 e. The normalized spacial score (nSPS) is 19.7. The molecule has 2 atom stereocenters. The number of amides is 1. The van der Waals surface area contributed by atoms with Gasteiger partial charge in [-0.25, -0.2) is 4.79 Å². The fourth-order valence-electron chi connectivity index (χ4n) is 3.32. The molecule has 2 rings (SSSR count). The van der Waals surface area contributed by atoms with Crippen LogP contribution in [-0.2, 0) is 25.4 Å². The van der Waals surface area contributed by atoms with Crippen LogP contribution < -0.4 is 5.32 Å². The van der Waals surface area contributed by atoms with Gasteiger partial charge in [-0.2, -0.15) is 0 Å². The van der Waals surface area contributed by atoms with Crippen LogP contribution in [0.5, 0.6) is 0 Å². The highest BCUT2D eigenvalue weighted by atomic mass is 16.6. The van der Waals surface area contributed by atoms with Crippen LogP contribution in [0.25, 0.3) is 0 Å². The van der Waals surface area contributed by atoms with Crippen molar-refractivity contribution in [3.05, 3.63) is 35.9 Å². The first-order valence-electron chi connectivity index (χ1n) is 10.1. The molecule has 0 aromatic heterocycles. The number of nitrogens with one attached hydrogen (secondary N) is 1. The highest BCUT2D eigenvalue weighted by Crippen LogP contribution is 2.29. The number of rotatable bonds is 7. The van der Waals surface area contributed by atoms with Crippen LogP contribution in [0, 0.1) is 0 Å². The summed E-state index contributed by atoms with van der Waals surface area (Å²) in [7, 11) is 0. The zero-order chi connectivity index (χ0) is 21.7. The standard InChI is InChI=1S/C22H34N2O5/c1-7-27-19(25)18(13-16-11-9-8-10-12-16)23-14-17-15-28-22(5,6)24(17)20(26)29-21(2,3)4/h8-12,17-18,23H,7,13-15H2,1-6H3/t17-,18?/m1/s1. The van der Waals surface area contributed by atoms with Crippen molar-refractivity contribution in [1.29, 1.82) is 0 Å². The van der Waals surface area contributed by atoms with E-state index in [0.717, 1.165) is 5.56 Å². The molecule has 1 aliphatic heterocycles. The van der Waals surface area contributed by atoms with Gasteiger partial charge in [0, 0.05) is 6.54 Å². The molecule has 1 heterocycles. The van der Waals surface area contributed by atoms with Crippen molar-refractivity contribution in [3.8, 4) is 0 Å². The second-order valence-corrected chi connectivity index (χ2v) is 8.66. The molecule has 1 N–H and O–H groups in total. The van der Waals surface area contributed by atoms with Crippen LogP contribution in [0.15, 0.2) is 30.3 Å². The number of hydrogen-bond donors (Lipinski definition) is 1. The highest BCUT2D eigenvalue weighted by Gasteiger charge is 2.45. The van der Waals surface area contributed by atoms with E-state index in [4.69, 9.17) is 14.2 Å². The number of esters is 1. The maximum absolute atomic E-state index is 12.8. The number of nitrogens with zero attached hydrogens (tertiary/aromatic N) is 1. The molecular weight excluding hydrogens is 372 g/mol. The van der Waals surface area contributed by atoms with E-state index in [-0.39, 0.29) is 12.0 Å². The van der Waals surface area contributed by atoms with Gasteiger partial charge in [-0.3, -0.25) is 9.69 Å². The second-order valence-electron chi connectivity index (χ2n) is 8.66. The molecule has 1 saturated heterocycles. The summed E-state index contributed by atoms with van der Waals surface area (Å²) in [6.45, 7) is 12.0. The third-order valence-electron chi connectivity index (χ3n) is 4.62. The van der Waals surface area contributed by atoms with Gasteiger partial charge in [0.2, 0.25) is 0 Å². The molecule has 1 fully saturated rings. The first-order chi connectivity index (χ1) is 13.5. The third-order valence-corrected chi connectivity index (χ3v) is 4.62. The average molecular weight is 407 g/mol. The lowest BCUT2D eigenvalue weighted by Crippen LogP contribution is -2.54. The molecule has 0 aliphatic carbocycles. The average Bonchev–Trinajstić information content (AvgIpc) is 2.92. The Morgan fingerprint density at radius 2 is 1.93 bits per heavy atom. The topological polar surface area (TPSA) is 77.1 Å². The summed E-state index contributed by atoms with van der Waals surface area (Å²) in [5, 5.41) is 3.28. The van der Waals surface area contributed by atoms with Gasteiger partial charge >= 0.3 is 12.1 Å². The van der Waals surface area contributed by atoms with Gasteiger partial charge < -0.3 is 19.5 Å². The molecule has 29 heavy (non-hydrogen) atoms. The summed E-state index contributed by atoms with van der Waals surface area (Å²) in [5.41, 5.74) is -0.354. The minimum absolute atomic E-state index is 0.257. The van der Waals surface area contributed by atoms with E-state index in [9.17, 15) is 9.59 Å². The van der Waals surface area contributed by atoms with Gasteiger partial charge in [0.05, 0.1) is 19.3 Å². The Hall–Kier alpha value is -2.12. The van der Waals surface area contributed by atoms with E-state index < -0.39 is 23.5 Å². The van der Waals surface area contributed by atoms with Gasteiger partial charge in [0.1, 0.15) is 17.4 Å². The zero-order valence-corrected chi connectivity index (χ0v) is 18.4. The molecule has 0 radical (unpaired) electrons. The Balaban J connectivity index is 2.09. The molecular formula is C22H34N2O5. The monoisotopic (exact) mass is 406 g/mol. The van der Waals surface area contributed by atoms with Gasteiger partial charge in [-0.05, 0) is 53.5 Å². The van der Waals surface area contributed by atoms with Crippen molar-refractivity contribution in [3.63, 3.8) is 0 Å². The van der Waals surface area contributed by atoms with Crippen molar-refractivity contribution >= 4 is 12.1 Å². The van der Waals surface area contributed by atoms with Crippen LogP contribution in [0.4, 0.5) is 4.79 Å². The predicted octanol–water partition coefficient (Wildman–Crippen LogP) is 3.12. The van der Waals surface area contributed by atoms with Crippen molar-refractivity contribution in [2.24, 2.45) is 0 Å². The van der Waals surface area contributed by atoms with Crippen LogP contribution in [-0.4, -0.2) is 60.1 Å². The van der Waals surface area contributed by atoms with Crippen LogP contribution in [0.2, 0.25) is 0 Å². The Bertz CT molecular complexity index is 684. The summed E-state index contributed by atoms with van der Waals surface area (Å²) in [6.07, 6.45) is 0.0749. The zero-order valence-electron chi connectivity index (χ0n) is 18.4. The van der Waals surface area contributed by atoms with Crippen molar-refractivity contribution in [1.82, 2.24) is 10.2 Å². The summed E-state index contributed by atoms with van der Waals surface area (Å²) in [5.74, 6) is -0.307. The summed E-state index contributed by atoms with van der Waals surface area (Å²) in [4.78, 5) is 26.8. The number of carbonyl (C=O) groups is 2. The van der Waals surface area contributed by atoms with E-state index in [0.29, 0.717) is 26.2 Å². The Kier molecular flexibility index (Phi) is 7.66. The van der Waals surface area contributed by atoms with E-state index in [1.54, 1.807) is 11.8 Å². The second kappa shape index (κ2) is 9.59. The fourth-order valence-corrected chi connectivity index (χ4v) is 3.32. The Labute approximate surface area is 173 Å². The number of hydrogen-bond acceptors (Lipinski definition) is 6. The molecule has 0 saturated carbocycles. The molecule has 1 aromatic rings. The van der Waals surface area contributed by atoms with E-state index >= 15 is 0 Å². The number of carbonyl (C=O) groups excluding carboxylic acids is 2. The maximum Gasteiger partial charge on any atom is 0.412 e. The van der Waals surface area contributed by atoms with Crippen LogP contribution in [0.3, 0.4) is 0 Å². The summed E-state index contributed by atoms with van der Waals surface area (Å²) < 4.78 is 16.6. The van der Waals surface area contributed by atoms with Gasteiger partial charge in [0.15, 0.2) is 0 Å². The maximum atomic E-state index is 12.8. The van der Waals surface area contributed by atoms with Crippen molar-refractivity contribution in [2.75, 3.05) is 19.8 Å². The lowest BCUT2D eigenvalue weighted by Gasteiger charge is -2.35. The van der Waals surface area contributed by atoms with Crippen LogP contribution >= 0.6 is 0 Å². The minimum atomic E-state index is -0.784. The van der Waals surface area contributed by atoms with Crippen molar-refractivity contribution in [2.45, 2.75) is 71.4 Å². The van der Waals surface area contributed by atoms with E-state index in [2.05, 4.69) is 5.32 Å². The minimum Gasteiger partial charge on any atom is -0.465 e. The van der Waals surface area contributed by atoms with Gasteiger partial charge in [-0.15, -0.1) is 0 Å².